The van der Waals surface area contributed by atoms with Crippen molar-refractivity contribution in [1.82, 2.24) is 9.78 Å². The maximum atomic E-state index is 12.5. The van der Waals surface area contributed by atoms with Crippen LogP contribution >= 0.6 is 0 Å². The highest BCUT2D eigenvalue weighted by atomic mass is 19.4. The van der Waals surface area contributed by atoms with Gasteiger partial charge in [-0.15, -0.1) is 0 Å². The number of hydrogen-bond acceptors (Lipinski definition) is 4. The number of rotatable bonds is 4. The summed E-state index contributed by atoms with van der Waals surface area (Å²) in [4.78, 5) is 19.9. The molecule has 0 atom stereocenters. The second-order valence-corrected chi connectivity index (χ2v) is 4.25. The Hall–Kier alpha value is -1.57. The van der Waals surface area contributed by atoms with Crippen LogP contribution in [0.3, 0.4) is 0 Å². The van der Waals surface area contributed by atoms with Crippen LogP contribution in [0.5, 0.6) is 0 Å². The first-order valence-corrected chi connectivity index (χ1v) is 5.14. The molecular weight excluding hydrogens is 253 g/mol. The van der Waals surface area contributed by atoms with Crippen molar-refractivity contribution < 1.29 is 27.7 Å². The van der Waals surface area contributed by atoms with Gasteiger partial charge in [0.05, 0.1) is 12.0 Å². The lowest BCUT2D eigenvalue weighted by Crippen LogP contribution is -2.33. The predicted molar refractivity (Wildman–Crippen MR) is 54.5 cm³/mol. The van der Waals surface area contributed by atoms with E-state index in [2.05, 4.69) is 14.9 Å². The molecule has 102 valence electrons. The van der Waals surface area contributed by atoms with E-state index >= 15 is 0 Å². The van der Waals surface area contributed by atoms with Crippen LogP contribution in [0.4, 0.5) is 18.0 Å². The highest BCUT2D eigenvalue weighted by Crippen LogP contribution is 2.40. The fourth-order valence-electron chi connectivity index (χ4n) is 0.946. The third-order valence-electron chi connectivity index (χ3n) is 2.40. The monoisotopic (exact) mass is 266 g/mol. The van der Waals surface area contributed by atoms with Gasteiger partial charge in [-0.25, -0.2) is 4.79 Å². The molecule has 0 aliphatic carbocycles. The average Bonchev–Trinajstić information content (AvgIpc) is 2.75. The Morgan fingerprint density at radius 1 is 1.39 bits per heavy atom. The number of carbonyl (C=O) groups is 1. The lowest BCUT2D eigenvalue weighted by Gasteiger charge is -2.26. The van der Waals surface area contributed by atoms with Crippen LogP contribution < -0.4 is 0 Å². The van der Waals surface area contributed by atoms with Gasteiger partial charge < -0.3 is 0 Å². The van der Waals surface area contributed by atoms with Crippen molar-refractivity contribution in [3.63, 3.8) is 0 Å². The van der Waals surface area contributed by atoms with Crippen molar-refractivity contribution in [3.8, 4) is 0 Å². The number of aromatic nitrogens is 2. The van der Waals surface area contributed by atoms with Crippen LogP contribution in [0.2, 0.25) is 0 Å². The van der Waals surface area contributed by atoms with Crippen molar-refractivity contribution in [2.24, 2.45) is 5.41 Å². The summed E-state index contributed by atoms with van der Waals surface area (Å²) in [6.07, 6.45) is -2.88. The third kappa shape index (κ3) is 3.73. The van der Waals surface area contributed by atoms with E-state index < -0.39 is 17.7 Å². The lowest BCUT2D eigenvalue weighted by molar-refractivity contribution is -0.261. The van der Waals surface area contributed by atoms with Gasteiger partial charge in [0.15, 0.2) is 0 Å². The molecule has 0 saturated carbocycles. The summed E-state index contributed by atoms with van der Waals surface area (Å²) in [5.41, 5.74) is -1.90. The molecule has 1 aromatic heterocycles. The third-order valence-corrected chi connectivity index (χ3v) is 2.40. The normalized spacial score (nSPS) is 12.5. The minimum absolute atomic E-state index is 0.317. The van der Waals surface area contributed by atoms with Crippen molar-refractivity contribution >= 4 is 6.09 Å². The summed E-state index contributed by atoms with van der Waals surface area (Å²) < 4.78 is 38.3. The SMILES string of the molecule is CC(C)(CCOOC(=O)n1cccn1)C(F)(F)F. The Bertz CT molecular complexity index is 388. The second-order valence-electron chi connectivity index (χ2n) is 4.25. The van der Waals surface area contributed by atoms with E-state index in [-0.39, 0.29) is 13.0 Å². The lowest BCUT2D eigenvalue weighted by atomic mass is 9.89. The number of nitrogens with zero attached hydrogens (tertiary/aromatic N) is 2. The maximum Gasteiger partial charge on any atom is 0.465 e. The van der Waals surface area contributed by atoms with E-state index in [1.165, 1.54) is 18.5 Å². The summed E-state index contributed by atoms with van der Waals surface area (Å²) in [5.74, 6) is 0. The standard InChI is InChI=1S/C10H13F3N2O3/c1-9(2,10(11,12)13)4-7-17-18-8(16)15-6-3-5-14-15/h3,5-6H,4,7H2,1-2H3. The highest BCUT2D eigenvalue weighted by Gasteiger charge is 2.46. The molecule has 0 N–H and O–H groups in total. The molecule has 1 heterocycles. The van der Waals surface area contributed by atoms with Crippen molar-refractivity contribution in [2.45, 2.75) is 26.4 Å². The van der Waals surface area contributed by atoms with Crippen molar-refractivity contribution in [1.29, 1.82) is 0 Å². The Morgan fingerprint density at radius 3 is 2.56 bits per heavy atom. The van der Waals surface area contributed by atoms with E-state index in [1.54, 1.807) is 0 Å². The van der Waals surface area contributed by atoms with E-state index in [0.29, 0.717) is 0 Å². The second kappa shape index (κ2) is 5.38. The summed E-state index contributed by atoms with van der Waals surface area (Å²) in [6, 6.07) is 1.49. The topological polar surface area (TPSA) is 53.4 Å². The first-order chi connectivity index (χ1) is 8.24. The Morgan fingerprint density at radius 2 is 2.06 bits per heavy atom. The van der Waals surface area contributed by atoms with E-state index in [1.807, 2.05) is 0 Å². The van der Waals surface area contributed by atoms with Gasteiger partial charge in [0, 0.05) is 12.4 Å². The zero-order valence-corrected chi connectivity index (χ0v) is 9.90. The van der Waals surface area contributed by atoms with Crippen molar-refractivity contribution in [3.05, 3.63) is 18.5 Å². The van der Waals surface area contributed by atoms with E-state index in [4.69, 9.17) is 0 Å². The van der Waals surface area contributed by atoms with Crippen molar-refractivity contribution in [2.75, 3.05) is 6.61 Å². The minimum Gasteiger partial charge on any atom is -0.274 e. The maximum absolute atomic E-state index is 12.5. The predicted octanol–water partition coefficient (Wildman–Crippen LogP) is 2.78. The van der Waals surface area contributed by atoms with Gasteiger partial charge in [-0.2, -0.15) is 27.8 Å². The molecule has 18 heavy (non-hydrogen) atoms. The summed E-state index contributed by atoms with van der Waals surface area (Å²) >= 11 is 0. The molecule has 0 fully saturated rings. The quantitative estimate of drug-likeness (QED) is 0.477. The fourth-order valence-corrected chi connectivity index (χ4v) is 0.946. The molecule has 8 heteroatoms. The number of alkyl halides is 3. The Balaban J connectivity index is 2.29. The highest BCUT2D eigenvalue weighted by molar-refractivity contribution is 5.68. The van der Waals surface area contributed by atoms with Crippen LogP contribution in [-0.4, -0.2) is 28.7 Å². The first kappa shape index (κ1) is 14.5. The van der Waals surface area contributed by atoms with Crippen LogP contribution in [0, 0.1) is 5.41 Å². The van der Waals surface area contributed by atoms with Crippen LogP contribution in [-0.2, 0) is 9.78 Å². The minimum atomic E-state index is -4.33. The number of halogens is 3. The molecule has 0 spiro atoms. The number of carbonyl (C=O) groups excluding carboxylic acids is 1. The summed E-state index contributed by atoms with van der Waals surface area (Å²) in [7, 11) is 0. The van der Waals surface area contributed by atoms with E-state index in [9.17, 15) is 18.0 Å². The Kier molecular flexibility index (Phi) is 4.33. The average molecular weight is 266 g/mol. The van der Waals surface area contributed by atoms with Gasteiger partial charge in [0.1, 0.15) is 0 Å². The van der Waals surface area contributed by atoms with Crippen LogP contribution in [0.1, 0.15) is 20.3 Å². The number of hydrogen-bond donors (Lipinski definition) is 0. The summed E-state index contributed by atoms with van der Waals surface area (Å²) in [6.45, 7) is 1.75. The van der Waals surface area contributed by atoms with Crippen LogP contribution in [0.25, 0.3) is 0 Å². The summed E-state index contributed by atoms with van der Waals surface area (Å²) in [5, 5.41) is 3.57. The molecule has 1 rings (SSSR count). The van der Waals surface area contributed by atoms with Crippen LogP contribution in [0.15, 0.2) is 18.5 Å². The van der Waals surface area contributed by atoms with E-state index in [0.717, 1.165) is 18.5 Å². The fraction of sp³-hybridized carbons (Fsp3) is 0.600. The molecule has 0 amide bonds. The van der Waals surface area contributed by atoms with Gasteiger partial charge >= 0.3 is 12.3 Å². The molecule has 0 saturated heterocycles. The zero-order chi connectivity index (χ0) is 13.8. The van der Waals surface area contributed by atoms with Gasteiger partial charge in [0.25, 0.3) is 0 Å². The van der Waals surface area contributed by atoms with Gasteiger partial charge in [-0.1, -0.05) is 13.8 Å². The molecule has 0 bridgehead atoms. The molecule has 0 aliphatic rings. The molecule has 1 aromatic rings. The molecule has 0 aromatic carbocycles. The Labute approximate surface area is 101 Å². The van der Waals surface area contributed by atoms with Gasteiger partial charge in [-0.3, -0.25) is 4.89 Å². The largest absolute Gasteiger partial charge is 0.465 e. The molecule has 0 aliphatic heterocycles. The molecule has 0 radical (unpaired) electrons. The van der Waals surface area contributed by atoms with Gasteiger partial charge in [0.2, 0.25) is 0 Å². The smallest absolute Gasteiger partial charge is 0.274 e. The molecule has 5 nitrogen and oxygen atoms in total. The van der Waals surface area contributed by atoms with Gasteiger partial charge in [-0.05, 0) is 12.5 Å². The molecule has 0 unspecified atom stereocenters. The first-order valence-electron chi connectivity index (χ1n) is 5.14. The molecular formula is C10H13F3N2O3. The zero-order valence-electron chi connectivity index (χ0n) is 9.90.